The number of azo groups is 1. The van der Waals surface area contributed by atoms with Gasteiger partial charge in [0.05, 0.1) is 19.2 Å². The number of para-hydroxylation sites is 1. The average Bonchev–Trinajstić information content (AvgIpc) is 2.96. The highest BCUT2D eigenvalue weighted by molar-refractivity contribution is 5.95. The number of anilines is 1. The van der Waals surface area contributed by atoms with Gasteiger partial charge in [0.15, 0.2) is 5.69 Å². The van der Waals surface area contributed by atoms with E-state index in [0.717, 1.165) is 16.6 Å². The number of amides is 1. The van der Waals surface area contributed by atoms with E-state index in [2.05, 4.69) is 29.4 Å². The molecule has 0 saturated carbocycles. The van der Waals surface area contributed by atoms with E-state index in [-0.39, 0.29) is 12.4 Å². The molecular formula is C21H24N4O3. The van der Waals surface area contributed by atoms with Gasteiger partial charge >= 0.3 is 0 Å². The van der Waals surface area contributed by atoms with Crippen molar-refractivity contribution < 1.29 is 14.6 Å². The lowest BCUT2D eigenvalue weighted by molar-refractivity contribution is -0.116. The number of nitrogens with zero attached hydrogens (tertiary/aromatic N) is 3. The molecule has 0 spiro atoms. The van der Waals surface area contributed by atoms with Crippen molar-refractivity contribution in [2.45, 2.75) is 20.4 Å². The third-order valence-electron chi connectivity index (χ3n) is 4.24. The topological polar surface area (TPSA) is 88.2 Å². The highest BCUT2D eigenvalue weighted by Crippen LogP contribution is 2.39. The number of rotatable bonds is 7. The molecule has 0 bridgehead atoms. The first-order valence-electron chi connectivity index (χ1n) is 9.12. The smallest absolute Gasteiger partial charge is 0.283 e. The first kappa shape index (κ1) is 19.4. The van der Waals surface area contributed by atoms with Gasteiger partial charge in [0.1, 0.15) is 5.75 Å². The molecule has 0 aliphatic rings. The van der Waals surface area contributed by atoms with Crippen molar-refractivity contribution in [1.82, 2.24) is 4.57 Å². The van der Waals surface area contributed by atoms with E-state index in [1.165, 1.54) is 0 Å². The third-order valence-corrected chi connectivity index (χ3v) is 4.24. The Morgan fingerprint density at radius 1 is 1.21 bits per heavy atom. The fourth-order valence-corrected chi connectivity index (χ4v) is 2.97. The summed E-state index contributed by atoms with van der Waals surface area (Å²) in [4.78, 5) is 12.1. The van der Waals surface area contributed by atoms with Crippen LogP contribution >= 0.6 is 0 Å². The van der Waals surface area contributed by atoms with Gasteiger partial charge in [-0.3, -0.25) is 4.79 Å². The SMILES string of the molecule is COc1cccc(NCC(=O)N=Nc2c(O)n(CC(C)C)c3ccccc23)c1. The number of benzene rings is 2. The maximum Gasteiger partial charge on any atom is 0.283 e. The number of carbonyl (C=O) groups is 1. The van der Waals surface area contributed by atoms with Crippen LogP contribution in [0.3, 0.4) is 0 Å². The molecule has 0 unspecified atom stereocenters. The zero-order valence-corrected chi connectivity index (χ0v) is 16.2. The fraction of sp³-hybridized carbons (Fsp3) is 0.286. The number of fused-ring (bicyclic) bond motifs is 1. The van der Waals surface area contributed by atoms with Gasteiger partial charge in [0.25, 0.3) is 5.91 Å². The zero-order valence-electron chi connectivity index (χ0n) is 16.2. The highest BCUT2D eigenvalue weighted by Gasteiger charge is 2.17. The Kier molecular flexibility index (Phi) is 5.93. The van der Waals surface area contributed by atoms with Gasteiger partial charge in [0, 0.05) is 23.7 Å². The Labute approximate surface area is 163 Å². The number of aromatic hydroxyl groups is 1. The summed E-state index contributed by atoms with van der Waals surface area (Å²) >= 11 is 0. The molecular weight excluding hydrogens is 356 g/mol. The van der Waals surface area contributed by atoms with Crippen molar-refractivity contribution in [2.24, 2.45) is 16.1 Å². The van der Waals surface area contributed by atoms with Crippen LogP contribution in [-0.4, -0.2) is 29.2 Å². The minimum absolute atomic E-state index is 0.0118. The predicted octanol–water partition coefficient (Wildman–Crippen LogP) is 4.73. The average molecular weight is 380 g/mol. The Balaban J connectivity index is 1.77. The summed E-state index contributed by atoms with van der Waals surface area (Å²) in [6.45, 7) is 4.78. The number of hydrogen-bond acceptors (Lipinski definition) is 5. The lowest BCUT2D eigenvalue weighted by Crippen LogP contribution is -2.10. The van der Waals surface area contributed by atoms with Crippen molar-refractivity contribution in [3.63, 3.8) is 0 Å². The molecule has 7 nitrogen and oxygen atoms in total. The molecule has 1 aromatic heterocycles. The van der Waals surface area contributed by atoms with Crippen LogP contribution in [-0.2, 0) is 11.3 Å². The molecule has 2 N–H and O–H groups in total. The standard InChI is InChI=1S/C21H24N4O3/c1-14(2)13-25-18-10-5-4-9-17(18)20(21(25)27)24-23-19(26)12-22-15-7-6-8-16(11-15)28-3/h4-11,14,22,27H,12-13H2,1-3H3. The number of hydrogen-bond donors (Lipinski definition) is 2. The molecule has 146 valence electrons. The second-order valence-corrected chi connectivity index (χ2v) is 6.87. The summed E-state index contributed by atoms with van der Waals surface area (Å²) in [5, 5.41) is 22.2. The first-order valence-corrected chi connectivity index (χ1v) is 9.12. The zero-order chi connectivity index (χ0) is 20.1. The van der Waals surface area contributed by atoms with E-state index < -0.39 is 5.91 Å². The number of methoxy groups -OCH3 is 1. The molecule has 3 rings (SSSR count). The molecule has 28 heavy (non-hydrogen) atoms. The Hall–Kier alpha value is -3.35. The maximum atomic E-state index is 12.1. The minimum atomic E-state index is -0.442. The summed E-state index contributed by atoms with van der Waals surface area (Å²) in [6, 6.07) is 14.8. The monoisotopic (exact) mass is 380 g/mol. The molecule has 0 aliphatic carbocycles. The predicted molar refractivity (Wildman–Crippen MR) is 109 cm³/mol. The van der Waals surface area contributed by atoms with E-state index in [0.29, 0.717) is 23.9 Å². The maximum absolute atomic E-state index is 12.1. The largest absolute Gasteiger partial charge is 0.497 e. The van der Waals surface area contributed by atoms with Gasteiger partial charge in [-0.05, 0) is 24.1 Å². The van der Waals surface area contributed by atoms with Crippen LogP contribution in [0.2, 0.25) is 0 Å². The van der Waals surface area contributed by atoms with Crippen LogP contribution in [0.15, 0.2) is 58.8 Å². The third kappa shape index (κ3) is 4.31. The Morgan fingerprint density at radius 3 is 2.75 bits per heavy atom. The molecule has 0 radical (unpaired) electrons. The second kappa shape index (κ2) is 8.56. The summed E-state index contributed by atoms with van der Waals surface area (Å²) in [5.74, 6) is 0.622. The van der Waals surface area contributed by atoms with E-state index in [1.807, 2.05) is 42.5 Å². The molecule has 0 aliphatic heterocycles. The van der Waals surface area contributed by atoms with E-state index >= 15 is 0 Å². The van der Waals surface area contributed by atoms with Gasteiger partial charge in [-0.15, -0.1) is 10.2 Å². The highest BCUT2D eigenvalue weighted by atomic mass is 16.5. The van der Waals surface area contributed by atoms with Crippen molar-refractivity contribution in [3.05, 3.63) is 48.5 Å². The van der Waals surface area contributed by atoms with Gasteiger partial charge in [-0.1, -0.05) is 38.1 Å². The van der Waals surface area contributed by atoms with Crippen LogP contribution in [0.4, 0.5) is 11.4 Å². The summed E-state index contributed by atoms with van der Waals surface area (Å²) in [5.41, 5.74) is 1.93. The number of carbonyl (C=O) groups excluding carboxylic acids is 1. The van der Waals surface area contributed by atoms with Gasteiger partial charge in [-0.2, -0.15) is 0 Å². The van der Waals surface area contributed by atoms with Crippen molar-refractivity contribution in [2.75, 3.05) is 19.0 Å². The summed E-state index contributed by atoms with van der Waals surface area (Å²) < 4.78 is 6.95. The number of nitrogens with one attached hydrogen (secondary N) is 1. The number of aromatic nitrogens is 1. The minimum Gasteiger partial charge on any atom is -0.497 e. The molecule has 1 heterocycles. The molecule has 0 saturated heterocycles. The summed E-state index contributed by atoms with van der Waals surface area (Å²) in [6.07, 6.45) is 0. The molecule has 1 amide bonds. The van der Waals surface area contributed by atoms with Crippen molar-refractivity contribution in [3.8, 4) is 11.6 Å². The lowest BCUT2D eigenvalue weighted by atomic mass is 10.2. The Morgan fingerprint density at radius 2 is 2.00 bits per heavy atom. The van der Waals surface area contributed by atoms with Crippen LogP contribution in [0.5, 0.6) is 11.6 Å². The quantitative estimate of drug-likeness (QED) is 0.580. The van der Waals surface area contributed by atoms with Crippen molar-refractivity contribution >= 4 is 28.2 Å². The van der Waals surface area contributed by atoms with E-state index in [1.54, 1.807) is 17.7 Å². The summed E-state index contributed by atoms with van der Waals surface area (Å²) in [7, 11) is 1.58. The normalized spacial score (nSPS) is 11.4. The van der Waals surface area contributed by atoms with Crippen LogP contribution in [0.25, 0.3) is 10.9 Å². The molecule has 3 aromatic rings. The molecule has 2 aromatic carbocycles. The number of ether oxygens (including phenoxy) is 1. The second-order valence-electron chi connectivity index (χ2n) is 6.87. The van der Waals surface area contributed by atoms with Crippen LogP contribution < -0.4 is 10.1 Å². The molecule has 7 heteroatoms. The first-order chi connectivity index (χ1) is 13.5. The van der Waals surface area contributed by atoms with Gasteiger partial charge < -0.3 is 19.7 Å². The van der Waals surface area contributed by atoms with Crippen molar-refractivity contribution in [1.29, 1.82) is 0 Å². The van der Waals surface area contributed by atoms with E-state index in [4.69, 9.17) is 4.74 Å². The molecule has 0 fully saturated rings. The van der Waals surface area contributed by atoms with Gasteiger partial charge in [0.2, 0.25) is 5.88 Å². The van der Waals surface area contributed by atoms with Crippen LogP contribution in [0, 0.1) is 5.92 Å². The molecule has 0 atom stereocenters. The van der Waals surface area contributed by atoms with Gasteiger partial charge in [-0.25, -0.2) is 0 Å². The fourth-order valence-electron chi connectivity index (χ4n) is 2.97. The lowest BCUT2D eigenvalue weighted by Gasteiger charge is -2.09. The van der Waals surface area contributed by atoms with Crippen LogP contribution in [0.1, 0.15) is 13.8 Å². The van der Waals surface area contributed by atoms with E-state index in [9.17, 15) is 9.90 Å². The Bertz CT molecular complexity index is 1010.